The molecule has 0 fully saturated rings. The van der Waals surface area contributed by atoms with Crippen LogP contribution in [-0.2, 0) is 6.42 Å². The van der Waals surface area contributed by atoms with Crippen LogP contribution in [0.4, 0.5) is 0 Å². The molecule has 0 saturated carbocycles. The summed E-state index contributed by atoms with van der Waals surface area (Å²) >= 11 is 0. The minimum Gasteiger partial charge on any atom is -0.343 e. The van der Waals surface area contributed by atoms with Gasteiger partial charge in [0.05, 0.1) is 0 Å². The summed E-state index contributed by atoms with van der Waals surface area (Å²) in [7, 11) is 0. The minimum absolute atomic E-state index is 0.957. The first-order chi connectivity index (χ1) is 7.40. The molecule has 0 amide bonds. The van der Waals surface area contributed by atoms with Crippen molar-refractivity contribution >= 4 is 0 Å². The van der Waals surface area contributed by atoms with E-state index < -0.39 is 0 Å². The molecular weight excluding hydrogens is 180 g/mol. The van der Waals surface area contributed by atoms with Crippen molar-refractivity contribution in [1.82, 2.24) is 0 Å². The van der Waals surface area contributed by atoms with E-state index in [1.807, 2.05) is 6.07 Å². The third-order valence-corrected chi connectivity index (χ3v) is 2.50. The molecule has 0 heteroatoms. The molecule has 2 aromatic rings. The molecule has 0 heterocycles. The average Bonchev–Trinajstić information content (AvgIpc) is 2.31. The molecule has 0 unspecified atom stereocenters. The summed E-state index contributed by atoms with van der Waals surface area (Å²) in [6.07, 6.45) is 2.01. The molecule has 0 aromatic heterocycles. The van der Waals surface area contributed by atoms with Gasteiger partial charge in [0.25, 0.3) is 0 Å². The van der Waals surface area contributed by atoms with Gasteiger partial charge in [-0.1, -0.05) is 61.0 Å². The molecule has 15 heavy (non-hydrogen) atoms. The first-order valence-electron chi connectivity index (χ1n) is 5.34. The largest absolute Gasteiger partial charge is 0.343 e. The second-order valence-electron chi connectivity index (χ2n) is 3.67. The van der Waals surface area contributed by atoms with Crippen LogP contribution in [0.1, 0.15) is 12.0 Å². The topological polar surface area (TPSA) is 0 Å². The summed E-state index contributed by atoms with van der Waals surface area (Å²) in [4.78, 5) is 0. The first kappa shape index (κ1) is 9.97. The number of hydrogen-bond acceptors (Lipinski definition) is 0. The summed E-state index contributed by atoms with van der Waals surface area (Å²) in [5.74, 6) is 0. The highest BCUT2D eigenvalue weighted by molar-refractivity contribution is 5.63. The number of rotatable bonds is 3. The predicted molar refractivity (Wildman–Crippen MR) is 65.6 cm³/mol. The van der Waals surface area contributed by atoms with Crippen LogP contribution < -0.4 is 0 Å². The van der Waals surface area contributed by atoms with E-state index in [2.05, 4.69) is 55.5 Å². The molecule has 0 spiro atoms. The maximum Gasteiger partial charge on any atom is -0.0181 e. The normalized spacial score (nSPS) is 10.2. The Morgan fingerprint density at radius 3 is 2.27 bits per heavy atom. The Morgan fingerprint density at radius 1 is 0.800 bits per heavy atom. The standard InChI is InChI=1S/C15H15/c1-2-7-13-8-6-11-15(12-13)14-9-4-3-5-10-14/h3-6,8-12H,1-2,7H2/q-1. The van der Waals surface area contributed by atoms with Gasteiger partial charge in [-0.2, -0.15) is 6.42 Å². The van der Waals surface area contributed by atoms with E-state index in [0.29, 0.717) is 0 Å². The summed E-state index contributed by atoms with van der Waals surface area (Å²) in [6.45, 7) is 3.88. The summed E-state index contributed by atoms with van der Waals surface area (Å²) < 4.78 is 0. The Bertz CT molecular complexity index is 415. The third-order valence-electron chi connectivity index (χ3n) is 2.50. The zero-order chi connectivity index (χ0) is 10.5. The maximum atomic E-state index is 3.88. The predicted octanol–water partition coefficient (Wildman–Crippen LogP) is 4.12. The lowest BCUT2D eigenvalue weighted by Gasteiger charge is -2.05. The molecular formula is C15H15-. The van der Waals surface area contributed by atoms with E-state index in [4.69, 9.17) is 0 Å². The monoisotopic (exact) mass is 195 g/mol. The third kappa shape index (κ3) is 2.47. The molecule has 0 atom stereocenters. The lowest BCUT2D eigenvalue weighted by molar-refractivity contribution is 1.000. The lowest BCUT2D eigenvalue weighted by atomic mass is 10.0. The van der Waals surface area contributed by atoms with Gasteiger partial charge in [-0.25, -0.2) is 0 Å². The van der Waals surface area contributed by atoms with Crippen LogP contribution in [0.3, 0.4) is 0 Å². The molecule has 0 bridgehead atoms. The highest BCUT2D eigenvalue weighted by Gasteiger charge is 1.96. The number of benzene rings is 2. The van der Waals surface area contributed by atoms with Crippen LogP contribution in [-0.4, -0.2) is 0 Å². The zero-order valence-corrected chi connectivity index (χ0v) is 8.82. The van der Waals surface area contributed by atoms with E-state index in [9.17, 15) is 0 Å². The molecule has 76 valence electrons. The first-order valence-corrected chi connectivity index (χ1v) is 5.34. The molecule has 0 radical (unpaired) electrons. The molecule has 2 rings (SSSR count). The van der Waals surface area contributed by atoms with Gasteiger partial charge < -0.3 is 6.92 Å². The Balaban J connectivity index is 2.33. The van der Waals surface area contributed by atoms with Crippen LogP contribution in [0.15, 0.2) is 54.6 Å². The van der Waals surface area contributed by atoms with Gasteiger partial charge in [-0.15, -0.1) is 0 Å². The highest BCUT2D eigenvalue weighted by Crippen LogP contribution is 2.20. The SMILES string of the molecule is [CH2-]CCc1cccc(-c2ccccc2)c1. The van der Waals surface area contributed by atoms with Gasteiger partial charge in [0.15, 0.2) is 0 Å². The second-order valence-corrected chi connectivity index (χ2v) is 3.67. The smallest absolute Gasteiger partial charge is 0.0181 e. The lowest BCUT2D eigenvalue weighted by Crippen LogP contribution is -1.84. The molecule has 0 nitrogen and oxygen atoms in total. The van der Waals surface area contributed by atoms with Gasteiger partial charge in [0.1, 0.15) is 0 Å². The van der Waals surface area contributed by atoms with Gasteiger partial charge in [0.2, 0.25) is 0 Å². The van der Waals surface area contributed by atoms with Gasteiger partial charge in [-0.05, 0) is 16.7 Å². The number of hydrogen-bond donors (Lipinski definition) is 0. The molecule has 0 aliphatic heterocycles. The van der Waals surface area contributed by atoms with E-state index in [1.165, 1.54) is 16.7 Å². The number of aryl methyl sites for hydroxylation is 1. The van der Waals surface area contributed by atoms with E-state index in [0.717, 1.165) is 12.8 Å². The van der Waals surface area contributed by atoms with Crippen molar-refractivity contribution < 1.29 is 0 Å². The Hall–Kier alpha value is -1.56. The molecule has 0 aliphatic carbocycles. The fraction of sp³-hybridized carbons (Fsp3) is 0.133. The fourth-order valence-corrected chi connectivity index (χ4v) is 1.74. The van der Waals surface area contributed by atoms with Crippen molar-refractivity contribution in [3.05, 3.63) is 67.1 Å². The Kier molecular flexibility index (Phi) is 3.18. The van der Waals surface area contributed by atoms with Crippen molar-refractivity contribution in [2.24, 2.45) is 0 Å². The van der Waals surface area contributed by atoms with E-state index in [-0.39, 0.29) is 0 Å². The van der Waals surface area contributed by atoms with Crippen LogP contribution >= 0.6 is 0 Å². The van der Waals surface area contributed by atoms with Crippen molar-refractivity contribution in [2.45, 2.75) is 12.8 Å². The quantitative estimate of drug-likeness (QED) is 0.646. The van der Waals surface area contributed by atoms with Crippen LogP contribution in [0.2, 0.25) is 0 Å². The Morgan fingerprint density at radius 2 is 1.53 bits per heavy atom. The van der Waals surface area contributed by atoms with Crippen LogP contribution in [0.25, 0.3) is 11.1 Å². The van der Waals surface area contributed by atoms with E-state index >= 15 is 0 Å². The maximum absolute atomic E-state index is 3.88. The van der Waals surface area contributed by atoms with Gasteiger partial charge in [0, 0.05) is 0 Å². The van der Waals surface area contributed by atoms with Gasteiger partial charge >= 0.3 is 0 Å². The minimum atomic E-state index is 0.957. The van der Waals surface area contributed by atoms with Crippen molar-refractivity contribution in [3.8, 4) is 11.1 Å². The highest BCUT2D eigenvalue weighted by atomic mass is 14.0. The van der Waals surface area contributed by atoms with Crippen LogP contribution in [0.5, 0.6) is 0 Å². The summed E-state index contributed by atoms with van der Waals surface area (Å²) in [5.41, 5.74) is 3.94. The summed E-state index contributed by atoms with van der Waals surface area (Å²) in [6, 6.07) is 19.2. The Labute approximate surface area is 91.6 Å². The fourth-order valence-electron chi connectivity index (χ4n) is 1.74. The second kappa shape index (κ2) is 4.79. The van der Waals surface area contributed by atoms with Crippen LogP contribution in [0, 0.1) is 6.92 Å². The average molecular weight is 195 g/mol. The van der Waals surface area contributed by atoms with Gasteiger partial charge in [-0.3, -0.25) is 0 Å². The molecule has 0 aliphatic rings. The molecule has 2 aromatic carbocycles. The summed E-state index contributed by atoms with van der Waals surface area (Å²) in [5, 5.41) is 0. The zero-order valence-electron chi connectivity index (χ0n) is 8.82. The van der Waals surface area contributed by atoms with Crippen molar-refractivity contribution in [2.75, 3.05) is 0 Å². The van der Waals surface area contributed by atoms with Crippen molar-refractivity contribution in [1.29, 1.82) is 0 Å². The molecule has 0 N–H and O–H groups in total. The molecule has 0 saturated heterocycles. The van der Waals surface area contributed by atoms with Crippen molar-refractivity contribution in [3.63, 3.8) is 0 Å². The van der Waals surface area contributed by atoms with E-state index in [1.54, 1.807) is 0 Å².